The molecular formula is C31H34O10. The summed E-state index contributed by atoms with van der Waals surface area (Å²) in [7, 11) is 0. The van der Waals surface area contributed by atoms with E-state index in [2.05, 4.69) is 0 Å². The van der Waals surface area contributed by atoms with Gasteiger partial charge in [0.2, 0.25) is 6.29 Å². The Balaban J connectivity index is 1.53. The SMILES string of the molecule is Cc1cc2cc(C(=O)O)cc(OC3OC(C4(O)CCCC4)C(O)C(O)C3O)c2c(O)c1C(=O)CCc1ccccc1. The number of aromatic hydroxyl groups is 1. The van der Waals surface area contributed by atoms with Crippen LogP contribution in [0.3, 0.4) is 0 Å². The Labute approximate surface area is 236 Å². The molecule has 1 aliphatic heterocycles. The van der Waals surface area contributed by atoms with Crippen molar-refractivity contribution in [3.05, 3.63) is 70.8 Å². The molecule has 1 saturated heterocycles. The average Bonchev–Trinajstić information content (AvgIpc) is 3.39. The van der Waals surface area contributed by atoms with Crippen molar-refractivity contribution in [1.82, 2.24) is 0 Å². The van der Waals surface area contributed by atoms with Crippen LogP contribution < -0.4 is 4.74 Å². The Morgan fingerprint density at radius 2 is 1.68 bits per heavy atom. The fraction of sp³-hybridized carbons (Fsp3) is 0.419. The van der Waals surface area contributed by atoms with Gasteiger partial charge in [-0.15, -0.1) is 0 Å². The predicted octanol–water partition coefficient (Wildman–Crippen LogP) is 2.86. The van der Waals surface area contributed by atoms with Crippen LogP contribution >= 0.6 is 0 Å². The third kappa shape index (κ3) is 5.53. The highest BCUT2D eigenvalue weighted by atomic mass is 16.7. The zero-order valence-electron chi connectivity index (χ0n) is 22.6. The van der Waals surface area contributed by atoms with Crippen LogP contribution in [0, 0.1) is 6.92 Å². The van der Waals surface area contributed by atoms with Crippen LogP contribution in [0.15, 0.2) is 48.5 Å². The summed E-state index contributed by atoms with van der Waals surface area (Å²) in [5, 5.41) is 64.4. The minimum atomic E-state index is -1.77. The zero-order chi connectivity index (χ0) is 29.5. The van der Waals surface area contributed by atoms with Gasteiger partial charge in [-0.3, -0.25) is 4.79 Å². The van der Waals surface area contributed by atoms with E-state index in [0.29, 0.717) is 37.7 Å². The van der Waals surface area contributed by atoms with Crippen molar-refractivity contribution in [3.8, 4) is 11.5 Å². The minimum Gasteiger partial charge on any atom is -0.506 e. The lowest BCUT2D eigenvalue weighted by Gasteiger charge is -2.45. The van der Waals surface area contributed by atoms with E-state index in [-0.39, 0.29) is 39.9 Å². The van der Waals surface area contributed by atoms with Crippen molar-refractivity contribution < 1.29 is 49.7 Å². The van der Waals surface area contributed by atoms with Crippen molar-refractivity contribution in [1.29, 1.82) is 0 Å². The largest absolute Gasteiger partial charge is 0.506 e. The summed E-state index contributed by atoms with van der Waals surface area (Å²) in [6.45, 7) is 1.64. The van der Waals surface area contributed by atoms with Crippen LogP contribution in [0.5, 0.6) is 11.5 Å². The quantitative estimate of drug-likeness (QED) is 0.223. The number of phenols is 1. The van der Waals surface area contributed by atoms with Crippen LogP contribution in [0.2, 0.25) is 0 Å². The Morgan fingerprint density at radius 1 is 1.00 bits per heavy atom. The lowest BCUT2D eigenvalue weighted by Crippen LogP contribution is -2.65. The molecule has 2 fully saturated rings. The number of aliphatic hydroxyl groups excluding tert-OH is 3. The second-order valence-electron chi connectivity index (χ2n) is 11.0. The van der Waals surface area contributed by atoms with Crippen LogP contribution in [0.1, 0.15) is 63.9 Å². The number of ketones is 1. The van der Waals surface area contributed by atoms with Gasteiger partial charge in [0, 0.05) is 6.42 Å². The first kappa shape index (κ1) is 29.0. The molecule has 0 radical (unpaired) electrons. The maximum absolute atomic E-state index is 13.3. The number of aryl methyl sites for hydroxylation is 2. The summed E-state index contributed by atoms with van der Waals surface area (Å²) >= 11 is 0. The molecule has 1 heterocycles. The van der Waals surface area contributed by atoms with E-state index in [4.69, 9.17) is 9.47 Å². The minimum absolute atomic E-state index is 0.0243. The van der Waals surface area contributed by atoms with E-state index in [1.807, 2.05) is 30.3 Å². The average molecular weight is 567 g/mol. The Hall–Kier alpha value is -3.54. The van der Waals surface area contributed by atoms with Gasteiger partial charge in [-0.2, -0.15) is 0 Å². The summed E-state index contributed by atoms with van der Waals surface area (Å²) in [5.74, 6) is -2.23. The number of carbonyl (C=O) groups is 2. The molecule has 0 spiro atoms. The number of benzene rings is 3. The molecule has 2 aliphatic rings. The number of rotatable bonds is 8. The second kappa shape index (κ2) is 11.4. The van der Waals surface area contributed by atoms with Gasteiger partial charge in [0.15, 0.2) is 5.78 Å². The van der Waals surface area contributed by atoms with E-state index in [9.17, 15) is 40.2 Å². The molecular weight excluding hydrogens is 532 g/mol. The van der Waals surface area contributed by atoms with Gasteiger partial charge in [0.1, 0.15) is 35.9 Å². The van der Waals surface area contributed by atoms with Gasteiger partial charge in [-0.1, -0.05) is 49.2 Å². The molecule has 10 heteroatoms. The highest BCUT2D eigenvalue weighted by Crippen LogP contribution is 2.43. The molecule has 0 aromatic heterocycles. The number of hydrogen-bond donors (Lipinski definition) is 6. The van der Waals surface area contributed by atoms with Crippen LogP contribution in [-0.2, 0) is 11.2 Å². The van der Waals surface area contributed by atoms with Crippen molar-refractivity contribution in [3.63, 3.8) is 0 Å². The zero-order valence-corrected chi connectivity index (χ0v) is 22.6. The fourth-order valence-corrected chi connectivity index (χ4v) is 6.00. The number of ether oxygens (including phenoxy) is 2. The van der Waals surface area contributed by atoms with Gasteiger partial charge in [0.25, 0.3) is 0 Å². The predicted molar refractivity (Wildman–Crippen MR) is 147 cm³/mol. The number of carboxylic acids is 1. The van der Waals surface area contributed by atoms with Crippen molar-refractivity contribution in [2.45, 2.75) is 81.8 Å². The Morgan fingerprint density at radius 3 is 2.34 bits per heavy atom. The van der Waals surface area contributed by atoms with E-state index in [1.165, 1.54) is 6.07 Å². The van der Waals surface area contributed by atoms with Crippen LogP contribution in [0.4, 0.5) is 0 Å². The van der Waals surface area contributed by atoms with Crippen LogP contribution in [-0.4, -0.2) is 78.7 Å². The molecule has 5 unspecified atom stereocenters. The number of carboxylic acid groups (broad SMARTS) is 1. The maximum Gasteiger partial charge on any atom is 0.335 e. The highest BCUT2D eigenvalue weighted by molar-refractivity contribution is 6.09. The van der Waals surface area contributed by atoms with Gasteiger partial charge in [-0.05, 0) is 54.8 Å². The number of phenolic OH excluding ortho intramolecular Hbond substituents is 1. The lowest BCUT2D eigenvalue weighted by atomic mass is 9.85. The highest BCUT2D eigenvalue weighted by Gasteiger charge is 2.54. The van der Waals surface area contributed by atoms with Gasteiger partial charge in [0.05, 0.1) is 22.1 Å². The summed E-state index contributed by atoms with van der Waals surface area (Å²) in [6, 6.07) is 13.4. The van der Waals surface area contributed by atoms with E-state index in [0.717, 1.165) is 11.6 Å². The summed E-state index contributed by atoms with van der Waals surface area (Å²) < 4.78 is 11.7. The van der Waals surface area contributed by atoms with Gasteiger partial charge in [-0.25, -0.2) is 4.79 Å². The standard InChI is InChI=1S/C31H34O10/c1-16-13-18-14-19(29(37)38)15-21(23(18)24(33)22(16)20(32)10-9-17-7-3-2-4-8-17)40-30-27(36)25(34)26(35)28(41-30)31(39)11-5-6-12-31/h2-4,7-8,13-15,25-28,30,33-36,39H,5-6,9-12H2,1H3,(H,37,38). The summed E-state index contributed by atoms with van der Waals surface area (Å²) in [6.07, 6.45) is -5.45. The first-order chi connectivity index (χ1) is 19.5. The molecule has 0 amide bonds. The molecule has 3 aromatic rings. The van der Waals surface area contributed by atoms with E-state index >= 15 is 0 Å². The van der Waals surface area contributed by atoms with Crippen molar-refractivity contribution >= 4 is 22.5 Å². The summed E-state index contributed by atoms with van der Waals surface area (Å²) in [4.78, 5) is 25.2. The number of aliphatic hydroxyl groups is 4. The smallest absolute Gasteiger partial charge is 0.335 e. The number of carbonyl (C=O) groups excluding carboxylic acids is 1. The van der Waals surface area contributed by atoms with Gasteiger partial charge < -0.3 is 40.1 Å². The Bertz CT molecular complexity index is 1450. The van der Waals surface area contributed by atoms with Crippen LogP contribution in [0.25, 0.3) is 10.8 Å². The summed E-state index contributed by atoms with van der Waals surface area (Å²) in [5.41, 5.74) is -0.189. The number of Topliss-reactive ketones (excluding diaryl/α,β-unsaturated/α-hetero) is 1. The van der Waals surface area contributed by atoms with E-state index < -0.39 is 48.0 Å². The molecule has 5 rings (SSSR count). The monoisotopic (exact) mass is 566 g/mol. The molecule has 218 valence electrons. The topological polar surface area (TPSA) is 174 Å². The lowest BCUT2D eigenvalue weighted by molar-refractivity contribution is -0.303. The maximum atomic E-state index is 13.3. The van der Waals surface area contributed by atoms with Crippen molar-refractivity contribution in [2.24, 2.45) is 0 Å². The van der Waals surface area contributed by atoms with Gasteiger partial charge >= 0.3 is 5.97 Å². The first-order valence-electron chi connectivity index (χ1n) is 13.7. The molecule has 0 bridgehead atoms. The molecule has 10 nitrogen and oxygen atoms in total. The third-order valence-electron chi connectivity index (χ3n) is 8.19. The second-order valence-corrected chi connectivity index (χ2v) is 11.0. The first-order valence-corrected chi connectivity index (χ1v) is 13.7. The fourth-order valence-electron chi connectivity index (χ4n) is 6.00. The third-order valence-corrected chi connectivity index (χ3v) is 8.19. The number of fused-ring (bicyclic) bond motifs is 1. The molecule has 6 N–H and O–H groups in total. The molecule has 41 heavy (non-hydrogen) atoms. The van der Waals surface area contributed by atoms with E-state index in [1.54, 1.807) is 13.0 Å². The molecule has 1 aliphatic carbocycles. The Kier molecular flexibility index (Phi) is 8.04. The normalized spacial score (nSPS) is 25.7. The van der Waals surface area contributed by atoms with Crippen molar-refractivity contribution in [2.75, 3.05) is 0 Å². The molecule has 5 atom stereocenters. The number of aromatic carboxylic acids is 1. The molecule has 1 saturated carbocycles. The molecule has 3 aromatic carbocycles. The number of hydrogen-bond acceptors (Lipinski definition) is 9.